The van der Waals surface area contributed by atoms with Crippen molar-refractivity contribution < 1.29 is 10.2 Å². The van der Waals surface area contributed by atoms with Crippen LogP contribution < -0.4 is 5.32 Å². The van der Waals surface area contributed by atoms with E-state index in [1.54, 1.807) is 0 Å². The van der Waals surface area contributed by atoms with E-state index in [2.05, 4.69) is 26.1 Å². The Labute approximate surface area is 161 Å². The fourth-order valence-corrected chi connectivity index (χ4v) is 3.94. The van der Waals surface area contributed by atoms with Crippen LogP contribution in [0.1, 0.15) is 45.3 Å². The number of nitrogens with one attached hydrogen (secondary N) is 1. The molecule has 1 unspecified atom stereocenters. The molecule has 0 saturated heterocycles. The van der Waals surface area contributed by atoms with Crippen LogP contribution >= 0.6 is 11.6 Å². The van der Waals surface area contributed by atoms with Gasteiger partial charge in [-0.2, -0.15) is 0 Å². The van der Waals surface area contributed by atoms with Crippen molar-refractivity contribution in [1.29, 1.82) is 0 Å². The van der Waals surface area contributed by atoms with Gasteiger partial charge in [0.1, 0.15) is 0 Å². The first kappa shape index (κ1) is 19.4. The molecule has 140 valence electrons. The molecule has 0 aliphatic heterocycles. The van der Waals surface area contributed by atoms with Crippen LogP contribution in [0.15, 0.2) is 48.5 Å². The molecule has 4 atom stereocenters. The maximum Gasteiger partial charge on any atom is 0.0819 e. The van der Waals surface area contributed by atoms with Gasteiger partial charge in [0.2, 0.25) is 0 Å². The molecule has 1 aliphatic rings. The molecule has 4 heteroatoms. The highest BCUT2D eigenvalue weighted by atomic mass is 35.5. The van der Waals surface area contributed by atoms with E-state index in [9.17, 15) is 10.2 Å². The predicted molar refractivity (Wildman–Crippen MR) is 107 cm³/mol. The lowest BCUT2D eigenvalue weighted by Crippen LogP contribution is -2.47. The van der Waals surface area contributed by atoms with Crippen LogP contribution in [0.4, 0.5) is 0 Å². The van der Waals surface area contributed by atoms with Crippen molar-refractivity contribution >= 4 is 11.6 Å². The third-order valence-corrected chi connectivity index (χ3v) is 5.31. The van der Waals surface area contributed by atoms with Gasteiger partial charge in [-0.1, -0.05) is 48.0 Å². The fourth-order valence-electron chi connectivity index (χ4n) is 3.81. The fraction of sp³-hybridized carbons (Fsp3) is 0.455. The maximum absolute atomic E-state index is 10.8. The van der Waals surface area contributed by atoms with E-state index in [0.717, 1.165) is 28.1 Å². The summed E-state index contributed by atoms with van der Waals surface area (Å²) in [5.41, 5.74) is 3.04. The standard InChI is InChI=1S/C22H28ClNO2/c1-22(2,3)24-19-12-17(13-20(19)25)21(26)16-6-4-14(5-7-16)15-8-10-18(23)11-9-15/h4-11,17,19-21,24-26H,12-13H2,1-3H3/t17-,19-,20-,21?/m1/s1. The lowest BCUT2D eigenvalue weighted by molar-refractivity contribution is 0.0958. The molecule has 1 saturated carbocycles. The number of halogens is 1. The summed E-state index contributed by atoms with van der Waals surface area (Å²) < 4.78 is 0. The lowest BCUT2D eigenvalue weighted by Gasteiger charge is -2.28. The number of rotatable bonds is 4. The molecule has 2 aromatic carbocycles. The van der Waals surface area contributed by atoms with Crippen molar-refractivity contribution in [2.24, 2.45) is 5.92 Å². The molecule has 0 heterocycles. The summed E-state index contributed by atoms with van der Waals surface area (Å²) >= 11 is 5.94. The van der Waals surface area contributed by atoms with Crippen LogP contribution in [0.25, 0.3) is 11.1 Å². The topological polar surface area (TPSA) is 52.5 Å². The van der Waals surface area contributed by atoms with Crippen LogP contribution in [0.2, 0.25) is 5.02 Å². The first-order valence-corrected chi connectivity index (χ1v) is 9.60. The zero-order valence-electron chi connectivity index (χ0n) is 15.6. The minimum atomic E-state index is -0.560. The Morgan fingerprint density at radius 3 is 2.04 bits per heavy atom. The highest BCUT2D eigenvalue weighted by Gasteiger charge is 2.38. The van der Waals surface area contributed by atoms with E-state index in [-0.39, 0.29) is 17.5 Å². The molecule has 3 N–H and O–H groups in total. The summed E-state index contributed by atoms with van der Waals surface area (Å²) in [5, 5.41) is 25.3. The zero-order valence-corrected chi connectivity index (χ0v) is 16.4. The molecule has 0 aromatic heterocycles. The van der Waals surface area contributed by atoms with Crippen LogP contribution in [0.5, 0.6) is 0 Å². The van der Waals surface area contributed by atoms with E-state index in [1.165, 1.54) is 0 Å². The van der Waals surface area contributed by atoms with Gasteiger partial charge in [0, 0.05) is 16.6 Å². The largest absolute Gasteiger partial charge is 0.391 e. The van der Waals surface area contributed by atoms with Gasteiger partial charge in [-0.3, -0.25) is 0 Å². The van der Waals surface area contributed by atoms with Gasteiger partial charge in [0.05, 0.1) is 12.2 Å². The third-order valence-electron chi connectivity index (χ3n) is 5.06. The first-order chi connectivity index (χ1) is 12.2. The first-order valence-electron chi connectivity index (χ1n) is 9.23. The van der Waals surface area contributed by atoms with Crippen LogP contribution in [-0.2, 0) is 0 Å². The molecular formula is C22H28ClNO2. The van der Waals surface area contributed by atoms with Crippen LogP contribution in [0, 0.1) is 5.92 Å². The predicted octanol–water partition coefficient (Wildman–Crippen LogP) is 4.57. The monoisotopic (exact) mass is 373 g/mol. The lowest BCUT2D eigenvalue weighted by atomic mass is 9.92. The summed E-state index contributed by atoms with van der Waals surface area (Å²) in [6, 6.07) is 15.8. The van der Waals surface area contributed by atoms with Gasteiger partial charge in [0.25, 0.3) is 0 Å². The van der Waals surface area contributed by atoms with Gasteiger partial charge in [-0.25, -0.2) is 0 Å². The Kier molecular flexibility index (Phi) is 5.73. The van der Waals surface area contributed by atoms with Crippen molar-refractivity contribution in [2.45, 2.75) is 57.4 Å². The Morgan fingerprint density at radius 1 is 0.962 bits per heavy atom. The summed E-state index contributed by atoms with van der Waals surface area (Å²) in [7, 11) is 0. The highest BCUT2D eigenvalue weighted by molar-refractivity contribution is 6.30. The minimum absolute atomic E-state index is 0.0305. The van der Waals surface area contributed by atoms with Crippen molar-refractivity contribution in [1.82, 2.24) is 5.32 Å². The van der Waals surface area contributed by atoms with Gasteiger partial charge in [0.15, 0.2) is 0 Å². The Bertz CT molecular complexity index is 721. The average molecular weight is 374 g/mol. The van der Waals surface area contributed by atoms with E-state index in [0.29, 0.717) is 6.42 Å². The zero-order chi connectivity index (χ0) is 18.9. The molecule has 26 heavy (non-hydrogen) atoms. The molecule has 0 radical (unpaired) electrons. The quantitative estimate of drug-likeness (QED) is 0.735. The summed E-state index contributed by atoms with van der Waals surface area (Å²) in [6.07, 6.45) is 0.421. The normalized spacial score (nSPS) is 24.6. The summed E-state index contributed by atoms with van der Waals surface area (Å²) in [4.78, 5) is 0. The van der Waals surface area contributed by atoms with Gasteiger partial charge < -0.3 is 15.5 Å². The number of benzene rings is 2. The second kappa shape index (κ2) is 7.69. The van der Waals surface area contributed by atoms with Gasteiger partial charge in [-0.05, 0) is 68.4 Å². The van der Waals surface area contributed by atoms with Crippen LogP contribution in [-0.4, -0.2) is 27.9 Å². The Morgan fingerprint density at radius 2 is 1.50 bits per heavy atom. The maximum atomic E-state index is 10.8. The summed E-state index contributed by atoms with van der Waals surface area (Å²) in [6.45, 7) is 6.29. The van der Waals surface area contributed by atoms with E-state index in [4.69, 9.17) is 11.6 Å². The van der Waals surface area contributed by atoms with Gasteiger partial charge in [-0.15, -0.1) is 0 Å². The molecule has 0 amide bonds. The van der Waals surface area contributed by atoms with Crippen molar-refractivity contribution in [3.63, 3.8) is 0 Å². The SMILES string of the molecule is CC(C)(C)N[C@@H]1C[C@@H](C(O)c2ccc(-c3ccc(Cl)cc3)cc2)C[C@H]1O. The molecule has 2 aromatic rings. The number of aliphatic hydroxyl groups excluding tert-OH is 2. The average Bonchev–Trinajstić information content (AvgIpc) is 2.94. The van der Waals surface area contributed by atoms with Crippen LogP contribution in [0.3, 0.4) is 0 Å². The van der Waals surface area contributed by atoms with E-state index < -0.39 is 12.2 Å². The molecule has 3 nitrogen and oxygen atoms in total. The summed E-state index contributed by atoms with van der Waals surface area (Å²) in [5.74, 6) is 0.0613. The van der Waals surface area contributed by atoms with Crippen molar-refractivity contribution in [3.8, 4) is 11.1 Å². The molecule has 0 spiro atoms. The molecule has 3 rings (SSSR count). The number of hydrogen-bond donors (Lipinski definition) is 3. The molecule has 1 fully saturated rings. The van der Waals surface area contributed by atoms with E-state index in [1.807, 2.05) is 48.5 Å². The van der Waals surface area contributed by atoms with Crippen molar-refractivity contribution in [2.75, 3.05) is 0 Å². The number of hydrogen-bond acceptors (Lipinski definition) is 3. The van der Waals surface area contributed by atoms with Crippen molar-refractivity contribution in [3.05, 3.63) is 59.1 Å². The Hall–Kier alpha value is -1.39. The smallest absolute Gasteiger partial charge is 0.0819 e. The molecule has 0 bridgehead atoms. The van der Waals surface area contributed by atoms with Gasteiger partial charge >= 0.3 is 0 Å². The number of aliphatic hydroxyl groups is 2. The second-order valence-electron chi connectivity index (χ2n) is 8.37. The van der Waals surface area contributed by atoms with E-state index >= 15 is 0 Å². The molecule has 1 aliphatic carbocycles. The third kappa shape index (κ3) is 4.66. The molecular weight excluding hydrogens is 346 g/mol. The minimum Gasteiger partial charge on any atom is -0.391 e. The Balaban J connectivity index is 1.68. The highest BCUT2D eigenvalue weighted by Crippen LogP contribution is 2.37. The second-order valence-corrected chi connectivity index (χ2v) is 8.81.